The standard InChI is InChI=1S/C20H12O4/c1-20-6-2-3-10-9-24-19(17(10)20)18(23)13-7-11-12(8-14(13)20)16(22)5-4-15(11)21/h2-5,7-9H,6H2,1H3/t20-/m0/s1. The highest BCUT2D eigenvalue weighted by molar-refractivity contribution is 6.24. The summed E-state index contributed by atoms with van der Waals surface area (Å²) in [6, 6.07) is 3.29. The summed E-state index contributed by atoms with van der Waals surface area (Å²) in [5.74, 6) is -0.334. The first kappa shape index (κ1) is 13.4. The molecule has 4 heteroatoms. The minimum absolute atomic E-state index is 0.201. The SMILES string of the molecule is C[C@@]12CC=Cc3coc(c31)C(=O)c1cc3c(cc12)C(=O)C=CC3=O. The summed E-state index contributed by atoms with van der Waals surface area (Å²) in [6.07, 6.45) is 8.86. The van der Waals surface area contributed by atoms with Gasteiger partial charge in [-0.25, -0.2) is 0 Å². The second-order valence-corrected chi connectivity index (χ2v) is 6.67. The molecule has 0 radical (unpaired) electrons. The first-order valence-electron chi connectivity index (χ1n) is 7.79. The van der Waals surface area contributed by atoms with Crippen molar-refractivity contribution >= 4 is 23.4 Å². The first-order valence-corrected chi connectivity index (χ1v) is 7.79. The lowest BCUT2D eigenvalue weighted by atomic mass is 9.64. The molecule has 0 amide bonds. The molecule has 1 heterocycles. The number of allylic oxidation sites excluding steroid dienone is 3. The van der Waals surface area contributed by atoms with Crippen molar-refractivity contribution in [2.24, 2.45) is 0 Å². The number of carbonyl (C=O) groups excluding carboxylic acids is 3. The highest BCUT2D eigenvalue weighted by Gasteiger charge is 2.45. The number of carbonyl (C=O) groups is 3. The number of hydrogen-bond donors (Lipinski definition) is 0. The molecule has 1 aromatic carbocycles. The molecule has 24 heavy (non-hydrogen) atoms. The number of hydrogen-bond acceptors (Lipinski definition) is 4. The summed E-state index contributed by atoms with van der Waals surface area (Å²) in [6.45, 7) is 2.05. The van der Waals surface area contributed by atoms with Gasteiger partial charge in [-0.15, -0.1) is 0 Å². The third kappa shape index (κ3) is 1.41. The van der Waals surface area contributed by atoms with E-state index in [0.29, 0.717) is 28.9 Å². The maximum Gasteiger partial charge on any atom is 0.228 e. The van der Waals surface area contributed by atoms with Crippen LogP contribution >= 0.6 is 0 Å². The van der Waals surface area contributed by atoms with E-state index in [0.717, 1.165) is 16.7 Å². The fourth-order valence-electron chi connectivity index (χ4n) is 4.10. The van der Waals surface area contributed by atoms with Crippen molar-refractivity contribution in [3.05, 3.63) is 75.8 Å². The quantitative estimate of drug-likeness (QED) is 0.746. The largest absolute Gasteiger partial charge is 0.460 e. The molecule has 2 aromatic rings. The lowest BCUT2D eigenvalue weighted by Gasteiger charge is -2.37. The molecular weight excluding hydrogens is 304 g/mol. The third-order valence-corrected chi connectivity index (χ3v) is 5.31. The molecule has 0 aliphatic heterocycles. The van der Waals surface area contributed by atoms with E-state index < -0.39 is 5.41 Å². The van der Waals surface area contributed by atoms with Gasteiger partial charge in [0.25, 0.3) is 0 Å². The monoisotopic (exact) mass is 316 g/mol. The predicted molar refractivity (Wildman–Crippen MR) is 86.5 cm³/mol. The van der Waals surface area contributed by atoms with Crippen molar-refractivity contribution in [3.8, 4) is 0 Å². The number of rotatable bonds is 0. The highest BCUT2D eigenvalue weighted by Crippen LogP contribution is 2.49. The first-order chi connectivity index (χ1) is 11.5. The van der Waals surface area contributed by atoms with Crippen molar-refractivity contribution in [2.75, 3.05) is 0 Å². The van der Waals surface area contributed by atoms with Gasteiger partial charge in [0.1, 0.15) is 0 Å². The molecule has 5 rings (SSSR count). The van der Waals surface area contributed by atoms with Gasteiger partial charge >= 0.3 is 0 Å². The Balaban J connectivity index is 1.87. The van der Waals surface area contributed by atoms with Crippen LogP contribution in [0.25, 0.3) is 6.08 Å². The van der Waals surface area contributed by atoms with E-state index in [1.807, 2.05) is 12.2 Å². The van der Waals surface area contributed by atoms with Gasteiger partial charge in [-0.1, -0.05) is 19.1 Å². The molecule has 1 aromatic heterocycles. The molecule has 0 spiro atoms. The van der Waals surface area contributed by atoms with Gasteiger partial charge in [0.2, 0.25) is 5.78 Å². The van der Waals surface area contributed by atoms with Gasteiger partial charge < -0.3 is 4.42 Å². The second kappa shape index (κ2) is 4.09. The van der Waals surface area contributed by atoms with Crippen LogP contribution in [0.15, 0.2) is 41.0 Å². The van der Waals surface area contributed by atoms with Gasteiger partial charge in [-0.2, -0.15) is 0 Å². The van der Waals surface area contributed by atoms with E-state index in [9.17, 15) is 14.4 Å². The normalized spacial score (nSPS) is 23.1. The third-order valence-electron chi connectivity index (χ3n) is 5.31. The van der Waals surface area contributed by atoms with Crippen molar-refractivity contribution < 1.29 is 18.8 Å². The Morgan fingerprint density at radius 1 is 0.958 bits per heavy atom. The van der Waals surface area contributed by atoms with Crippen molar-refractivity contribution in [2.45, 2.75) is 18.8 Å². The molecule has 3 aliphatic rings. The summed E-state index contributed by atoms with van der Waals surface area (Å²) >= 11 is 0. The van der Waals surface area contributed by atoms with Crippen LogP contribution in [-0.2, 0) is 5.41 Å². The van der Waals surface area contributed by atoms with Gasteiger partial charge in [-0.05, 0) is 36.3 Å². The minimum atomic E-state index is -0.435. The molecule has 0 unspecified atom stereocenters. The van der Waals surface area contributed by atoms with Crippen LogP contribution in [0.5, 0.6) is 0 Å². The molecule has 116 valence electrons. The molecule has 4 nitrogen and oxygen atoms in total. The van der Waals surface area contributed by atoms with E-state index in [2.05, 4.69) is 6.92 Å². The maximum atomic E-state index is 12.9. The molecule has 3 aliphatic carbocycles. The van der Waals surface area contributed by atoms with Crippen molar-refractivity contribution in [1.29, 1.82) is 0 Å². The van der Waals surface area contributed by atoms with Crippen LogP contribution in [0.3, 0.4) is 0 Å². The van der Waals surface area contributed by atoms with Crippen LogP contribution < -0.4 is 0 Å². The van der Waals surface area contributed by atoms with E-state index in [4.69, 9.17) is 4.42 Å². The Morgan fingerprint density at radius 2 is 1.67 bits per heavy atom. The molecule has 0 N–H and O–H groups in total. The van der Waals surface area contributed by atoms with E-state index >= 15 is 0 Å². The Morgan fingerprint density at radius 3 is 2.42 bits per heavy atom. The minimum Gasteiger partial charge on any atom is -0.460 e. The number of fused-ring (bicyclic) bond motifs is 3. The Hall–Kier alpha value is -3.01. The molecule has 0 saturated heterocycles. The summed E-state index contributed by atoms with van der Waals surface area (Å²) in [5, 5.41) is 0. The number of ketones is 3. The molecule has 1 atom stereocenters. The summed E-state index contributed by atoms with van der Waals surface area (Å²) in [7, 11) is 0. The van der Waals surface area contributed by atoms with Crippen LogP contribution in [0.1, 0.15) is 66.9 Å². The number of furan rings is 1. The Labute approximate surface area is 137 Å². The predicted octanol–water partition coefficient (Wildman–Crippen LogP) is 3.48. The summed E-state index contributed by atoms with van der Waals surface area (Å²) in [4.78, 5) is 37.2. The average Bonchev–Trinajstić information content (AvgIpc) is 3.02. The molecule has 0 bridgehead atoms. The highest BCUT2D eigenvalue weighted by atomic mass is 16.3. The summed E-state index contributed by atoms with van der Waals surface area (Å²) < 4.78 is 5.55. The zero-order valence-corrected chi connectivity index (χ0v) is 12.9. The zero-order valence-electron chi connectivity index (χ0n) is 12.9. The molecule has 0 saturated carbocycles. The Bertz CT molecular complexity index is 1050. The Kier molecular flexibility index (Phi) is 2.29. The lowest BCUT2D eigenvalue weighted by molar-refractivity contribution is 0.0987. The average molecular weight is 316 g/mol. The van der Waals surface area contributed by atoms with Crippen LogP contribution in [0.4, 0.5) is 0 Å². The maximum absolute atomic E-state index is 12.9. The van der Waals surface area contributed by atoms with Crippen molar-refractivity contribution in [3.63, 3.8) is 0 Å². The fraction of sp³-hybridized carbons (Fsp3) is 0.150. The van der Waals surface area contributed by atoms with Crippen molar-refractivity contribution in [1.82, 2.24) is 0 Å². The molecule has 0 fully saturated rings. The smallest absolute Gasteiger partial charge is 0.228 e. The van der Waals surface area contributed by atoms with Gasteiger partial charge in [-0.3, -0.25) is 14.4 Å². The topological polar surface area (TPSA) is 64.3 Å². The summed E-state index contributed by atoms with van der Waals surface area (Å²) in [5.41, 5.74) is 3.26. The van der Waals surface area contributed by atoms with E-state index in [1.165, 1.54) is 12.2 Å². The lowest BCUT2D eigenvalue weighted by Crippen LogP contribution is -2.34. The van der Waals surface area contributed by atoms with E-state index in [-0.39, 0.29) is 17.3 Å². The van der Waals surface area contributed by atoms with Crippen LogP contribution in [0, 0.1) is 0 Å². The zero-order chi connectivity index (χ0) is 16.6. The van der Waals surface area contributed by atoms with Gasteiger partial charge in [0.05, 0.1) is 6.26 Å². The fourth-order valence-corrected chi connectivity index (χ4v) is 4.10. The molecular formula is C20H12O4. The van der Waals surface area contributed by atoms with Crippen LogP contribution in [-0.4, -0.2) is 17.3 Å². The van der Waals surface area contributed by atoms with E-state index in [1.54, 1.807) is 18.4 Å². The second-order valence-electron chi connectivity index (χ2n) is 6.67. The van der Waals surface area contributed by atoms with Gasteiger partial charge in [0.15, 0.2) is 17.3 Å². The number of benzene rings is 1. The van der Waals surface area contributed by atoms with Gasteiger partial charge in [0, 0.05) is 33.2 Å². The van der Waals surface area contributed by atoms with Crippen LogP contribution in [0.2, 0.25) is 0 Å².